The number of halogens is 3. The molecule has 2 rings (SSSR count). The smallest absolute Gasteiger partial charge is 0.123 e. The summed E-state index contributed by atoms with van der Waals surface area (Å²) in [6.07, 6.45) is 0. The Bertz CT molecular complexity index is 510. The van der Waals surface area contributed by atoms with Crippen molar-refractivity contribution in [2.75, 3.05) is 11.9 Å². The van der Waals surface area contributed by atoms with Crippen molar-refractivity contribution < 1.29 is 4.39 Å². The first-order valence-corrected chi connectivity index (χ1v) is 7.26. The first kappa shape index (κ1) is 13.8. The Morgan fingerprint density at radius 3 is 2.56 bits per heavy atom. The van der Waals surface area contributed by atoms with Crippen molar-refractivity contribution in [2.45, 2.75) is 6.04 Å². The van der Waals surface area contributed by atoms with Crippen molar-refractivity contribution in [3.05, 3.63) is 49.8 Å². The molecule has 1 aromatic heterocycles. The summed E-state index contributed by atoms with van der Waals surface area (Å²) in [7, 11) is 0. The quantitative estimate of drug-likeness (QED) is 0.858. The van der Waals surface area contributed by atoms with Gasteiger partial charge in [0.05, 0.1) is 6.04 Å². The highest BCUT2D eigenvalue weighted by Gasteiger charge is 2.14. The number of hydrogen-bond donors (Lipinski definition) is 2. The summed E-state index contributed by atoms with van der Waals surface area (Å²) in [4.78, 5) is 1.04. The first-order valence-electron chi connectivity index (χ1n) is 5.27. The Kier molecular flexibility index (Phi) is 4.61. The van der Waals surface area contributed by atoms with E-state index in [-0.39, 0.29) is 11.9 Å². The highest BCUT2D eigenvalue weighted by molar-refractivity contribution is 9.10. The summed E-state index contributed by atoms with van der Waals surface area (Å²) in [6, 6.07) is 8.09. The van der Waals surface area contributed by atoms with Gasteiger partial charge in [-0.1, -0.05) is 11.6 Å². The average molecular weight is 350 g/mol. The number of rotatable bonds is 4. The summed E-state index contributed by atoms with van der Waals surface area (Å²) in [5, 5.41) is 3.25. The molecule has 3 N–H and O–H groups in total. The van der Waals surface area contributed by atoms with Gasteiger partial charge < -0.3 is 11.1 Å². The number of nitrogens with one attached hydrogen (secondary N) is 1. The van der Waals surface area contributed by atoms with Gasteiger partial charge in [0, 0.05) is 21.6 Å². The molecule has 0 radical (unpaired) electrons. The fourth-order valence-corrected chi connectivity index (χ4v) is 3.33. The lowest BCUT2D eigenvalue weighted by molar-refractivity contribution is 0.628. The predicted molar refractivity (Wildman–Crippen MR) is 78.8 cm³/mol. The molecule has 2 nitrogen and oxygen atoms in total. The van der Waals surface area contributed by atoms with Crippen molar-refractivity contribution in [3.8, 4) is 0 Å². The molecule has 0 spiro atoms. The maximum atomic E-state index is 12.8. The molecular formula is C12H11BrClFN2S. The second-order valence-electron chi connectivity index (χ2n) is 3.71. The van der Waals surface area contributed by atoms with Crippen molar-refractivity contribution >= 4 is 44.6 Å². The van der Waals surface area contributed by atoms with Crippen LogP contribution >= 0.6 is 38.9 Å². The molecular weight excluding hydrogens is 339 g/mol. The minimum Gasteiger partial charge on any atom is -0.376 e. The van der Waals surface area contributed by atoms with Gasteiger partial charge in [0.25, 0.3) is 0 Å². The number of benzene rings is 1. The average Bonchev–Trinajstić information content (AvgIpc) is 2.69. The van der Waals surface area contributed by atoms with Gasteiger partial charge >= 0.3 is 0 Å². The van der Waals surface area contributed by atoms with Gasteiger partial charge in [-0.15, -0.1) is 11.3 Å². The molecule has 0 fully saturated rings. The van der Waals surface area contributed by atoms with Crippen LogP contribution in [0.1, 0.15) is 10.9 Å². The molecule has 0 saturated heterocycles. The molecule has 0 amide bonds. The lowest BCUT2D eigenvalue weighted by Crippen LogP contribution is -2.19. The van der Waals surface area contributed by atoms with Gasteiger partial charge in [0.15, 0.2) is 0 Å². The highest BCUT2D eigenvalue weighted by Crippen LogP contribution is 2.35. The van der Waals surface area contributed by atoms with Crippen LogP contribution in [-0.4, -0.2) is 6.54 Å². The topological polar surface area (TPSA) is 38.0 Å². The van der Waals surface area contributed by atoms with Crippen molar-refractivity contribution in [2.24, 2.45) is 5.73 Å². The number of anilines is 1. The zero-order valence-electron chi connectivity index (χ0n) is 9.29. The summed E-state index contributed by atoms with van der Waals surface area (Å²) in [5.74, 6) is -0.258. The molecule has 18 heavy (non-hydrogen) atoms. The maximum Gasteiger partial charge on any atom is 0.123 e. The molecule has 1 atom stereocenters. The second kappa shape index (κ2) is 6.02. The molecule has 1 heterocycles. The third-order valence-corrected chi connectivity index (χ3v) is 5.02. The zero-order chi connectivity index (χ0) is 13.1. The second-order valence-corrected chi connectivity index (χ2v) is 6.25. The number of hydrogen-bond acceptors (Lipinski definition) is 3. The first-order chi connectivity index (χ1) is 8.60. The van der Waals surface area contributed by atoms with Gasteiger partial charge in [0.1, 0.15) is 10.2 Å². The van der Waals surface area contributed by atoms with Gasteiger partial charge in [-0.25, -0.2) is 4.39 Å². The standard InChI is InChI=1S/C12H11BrClFN2S/c13-9-5-11(18-12(9)14)10(6-16)17-8-3-1-7(15)2-4-8/h1-5,10,17H,6,16H2. The van der Waals surface area contributed by atoms with Crippen LogP contribution in [0.25, 0.3) is 0 Å². The van der Waals surface area contributed by atoms with Gasteiger partial charge in [-0.2, -0.15) is 0 Å². The van der Waals surface area contributed by atoms with Crippen LogP contribution < -0.4 is 11.1 Å². The Balaban J connectivity index is 2.16. The maximum absolute atomic E-state index is 12.8. The molecule has 0 aliphatic carbocycles. The van der Waals surface area contributed by atoms with Gasteiger partial charge in [-0.05, 0) is 46.3 Å². The molecule has 0 aliphatic rings. The number of nitrogens with two attached hydrogens (primary N) is 1. The minimum absolute atomic E-state index is 0.0377. The van der Waals surface area contributed by atoms with E-state index in [9.17, 15) is 4.39 Å². The molecule has 6 heteroatoms. The molecule has 2 aromatic rings. The van der Waals surface area contributed by atoms with E-state index in [1.54, 1.807) is 12.1 Å². The number of thiophene rings is 1. The fourth-order valence-electron chi connectivity index (χ4n) is 1.53. The molecule has 96 valence electrons. The summed E-state index contributed by atoms with van der Waals surface area (Å²) >= 11 is 10.8. The lowest BCUT2D eigenvalue weighted by atomic mass is 10.2. The molecule has 1 unspecified atom stereocenters. The Morgan fingerprint density at radius 2 is 2.06 bits per heavy atom. The lowest BCUT2D eigenvalue weighted by Gasteiger charge is -2.16. The van der Waals surface area contributed by atoms with E-state index in [1.807, 2.05) is 6.07 Å². The Hall–Kier alpha value is -0.620. The van der Waals surface area contributed by atoms with Crippen LogP contribution in [0.5, 0.6) is 0 Å². The van der Waals surface area contributed by atoms with E-state index in [1.165, 1.54) is 23.5 Å². The van der Waals surface area contributed by atoms with Crippen LogP contribution in [0.4, 0.5) is 10.1 Å². The summed E-state index contributed by atoms with van der Waals surface area (Å²) in [6.45, 7) is 0.431. The van der Waals surface area contributed by atoms with Gasteiger partial charge in [-0.3, -0.25) is 0 Å². The van der Waals surface area contributed by atoms with Crippen LogP contribution in [-0.2, 0) is 0 Å². The monoisotopic (exact) mass is 348 g/mol. The van der Waals surface area contributed by atoms with Crippen molar-refractivity contribution in [1.29, 1.82) is 0 Å². The minimum atomic E-state index is -0.258. The van der Waals surface area contributed by atoms with E-state index in [0.29, 0.717) is 10.9 Å². The van der Waals surface area contributed by atoms with Crippen molar-refractivity contribution in [1.82, 2.24) is 0 Å². The van der Waals surface area contributed by atoms with Crippen LogP contribution in [0, 0.1) is 5.82 Å². The molecule has 1 aromatic carbocycles. The molecule has 0 saturated carbocycles. The van der Waals surface area contributed by atoms with E-state index >= 15 is 0 Å². The third kappa shape index (κ3) is 3.23. The highest BCUT2D eigenvalue weighted by atomic mass is 79.9. The summed E-state index contributed by atoms with van der Waals surface area (Å²) in [5.41, 5.74) is 6.58. The van der Waals surface area contributed by atoms with Crippen LogP contribution in [0.2, 0.25) is 4.34 Å². The fraction of sp³-hybridized carbons (Fsp3) is 0.167. The van der Waals surface area contributed by atoms with E-state index in [2.05, 4.69) is 21.2 Å². The Morgan fingerprint density at radius 1 is 1.39 bits per heavy atom. The summed E-state index contributed by atoms with van der Waals surface area (Å²) < 4.78 is 14.4. The van der Waals surface area contributed by atoms with Gasteiger partial charge in [0.2, 0.25) is 0 Å². The predicted octanol–water partition coefficient (Wildman–Crippen LogP) is 4.42. The third-order valence-electron chi connectivity index (χ3n) is 2.43. The van der Waals surface area contributed by atoms with Crippen LogP contribution in [0.3, 0.4) is 0 Å². The van der Waals surface area contributed by atoms with E-state index < -0.39 is 0 Å². The van der Waals surface area contributed by atoms with E-state index in [4.69, 9.17) is 17.3 Å². The SMILES string of the molecule is NCC(Nc1ccc(F)cc1)c1cc(Br)c(Cl)s1. The largest absolute Gasteiger partial charge is 0.376 e. The normalized spacial score (nSPS) is 12.4. The Labute approximate surface area is 122 Å². The van der Waals surface area contributed by atoms with E-state index in [0.717, 1.165) is 15.0 Å². The van der Waals surface area contributed by atoms with Crippen LogP contribution in [0.15, 0.2) is 34.8 Å². The molecule has 0 aliphatic heterocycles. The zero-order valence-corrected chi connectivity index (χ0v) is 12.4. The molecule has 0 bridgehead atoms. The van der Waals surface area contributed by atoms with Crippen molar-refractivity contribution in [3.63, 3.8) is 0 Å².